The Balaban J connectivity index is 2.09. The van der Waals surface area contributed by atoms with Gasteiger partial charge in [-0.15, -0.1) is 0 Å². The summed E-state index contributed by atoms with van der Waals surface area (Å²) < 4.78 is 28.6. The van der Waals surface area contributed by atoms with Gasteiger partial charge in [-0.05, 0) is 62.2 Å². The van der Waals surface area contributed by atoms with Gasteiger partial charge in [0.05, 0.1) is 10.6 Å². The summed E-state index contributed by atoms with van der Waals surface area (Å²) in [4.78, 5) is 28.8. The van der Waals surface area contributed by atoms with Gasteiger partial charge >= 0.3 is 0 Å². The Morgan fingerprint density at radius 3 is 2.08 bits per heavy atom. The Labute approximate surface area is 251 Å². The Bertz CT molecular complexity index is 1420. The number of anilines is 1. The number of carbonyl (C=O) groups is 2. The molecule has 0 saturated carbocycles. The molecule has 3 aromatic carbocycles. The van der Waals surface area contributed by atoms with Crippen LogP contribution < -0.4 is 9.62 Å². The van der Waals surface area contributed by atoms with Crippen LogP contribution in [0.1, 0.15) is 39.2 Å². The van der Waals surface area contributed by atoms with E-state index in [0.717, 1.165) is 4.31 Å². The first-order chi connectivity index (χ1) is 19.0. The molecular formula is C29H32Cl3N3O4S. The highest BCUT2D eigenvalue weighted by atomic mass is 35.5. The number of rotatable bonds is 12. The summed E-state index contributed by atoms with van der Waals surface area (Å²) in [6.45, 7) is 4.90. The van der Waals surface area contributed by atoms with Crippen molar-refractivity contribution in [3.8, 4) is 0 Å². The predicted molar refractivity (Wildman–Crippen MR) is 161 cm³/mol. The Kier molecular flexibility index (Phi) is 11.3. The Morgan fingerprint density at radius 1 is 0.875 bits per heavy atom. The summed E-state index contributed by atoms with van der Waals surface area (Å²) in [5.74, 6) is -0.963. The highest BCUT2D eigenvalue weighted by Gasteiger charge is 2.34. The third-order valence-corrected chi connectivity index (χ3v) is 9.21. The summed E-state index contributed by atoms with van der Waals surface area (Å²) in [5, 5.41) is 3.88. The van der Waals surface area contributed by atoms with Crippen LogP contribution in [0.3, 0.4) is 0 Å². The summed E-state index contributed by atoms with van der Waals surface area (Å²) >= 11 is 19.1. The number of carbonyl (C=O) groups excluding carboxylic acids is 2. The number of hydrogen-bond acceptors (Lipinski definition) is 4. The van der Waals surface area contributed by atoms with Crippen LogP contribution in [0.15, 0.2) is 77.7 Å². The van der Waals surface area contributed by atoms with Gasteiger partial charge in [-0.2, -0.15) is 0 Å². The fraction of sp³-hybridized carbons (Fsp3) is 0.310. The maximum atomic E-state index is 14.1. The second-order valence-corrected chi connectivity index (χ2v) is 12.4. The lowest BCUT2D eigenvalue weighted by Gasteiger charge is -2.34. The van der Waals surface area contributed by atoms with E-state index in [4.69, 9.17) is 34.8 Å². The first-order valence-corrected chi connectivity index (χ1v) is 15.4. The van der Waals surface area contributed by atoms with Gasteiger partial charge in [-0.1, -0.05) is 79.0 Å². The Hall–Kier alpha value is -2.78. The van der Waals surface area contributed by atoms with E-state index in [0.29, 0.717) is 27.1 Å². The SMILES string of the molecule is CC[C@H](C)NC(=O)[C@H](CC)N(Cc1c(Cl)cccc1Cl)C(=O)CN(c1cccc(Cl)c1)S(=O)(=O)c1ccccc1. The summed E-state index contributed by atoms with van der Waals surface area (Å²) in [5.41, 5.74) is 0.659. The molecule has 0 aromatic heterocycles. The zero-order chi connectivity index (χ0) is 29.4. The molecule has 0 spiro atoms. The van der Waals surface area contributed by atoms with Gasteiger partial charge in [0.15, 0.2) is 0 Å². The van der Waals surface area contributed by atoms with Gasteiger partial charge in [0.2, 0.25) is 11.8 Å². The van der Waals surface area contributed by atoms with Crippen LogP contribution in [0.25, 0.3) is 0 Å². The first kappa shape index (κ1) is 31.7. The molecule has 11 heteroatoms. The van der Waals surface area contributed by atoms with Crippen LogP contribution in [0, 0.1) is 0 Å². The largest absolute Gasteiger partial charge is 0.352 e. The molecule has 0 aliphatic heterocycles. The maximum absolute atomic E-state index is 14.1. The third-order valence-electron chi connectivity index (χ3n) is 6.48. The molecular weight excluding hydrogens is 593 g/mol. The van der Waals surface area contributed by atoms with Crippen molar-refractivity contribution in [3.05, 3.63) is 93.4 Å². The van der Waals surface area contributed by atoms with E-state index in [9.17, 15) is 18.0 Å². The molecule has 1 N–H and O–H groups in total. The molecule has 0 heterocycles. The fourth-order valence-corrected chi connectivity index (χ4v) is 6.22. The maximum Gasteiger partial charge on any atom is 0.264 e. The molecule has 40 heavy (non-hydrogen) atoms. The Morgan fingerprint density at radius 2 is 1.50 bits per heavy atom. The van der Waals surface area contributed by atoms with Crippen molar-refractivity contribution in [2.24, 2.45) is 0 Å². The number of nitrogens with zero attached hydrogens (tertiary/aromatic N) is 2. The summed E-state index contributed by atoms with van der Waals surface area (Å²) in [6, 6.07) is 18.0. The normalized spacial score (nSPS) is 12.8. The van der Waals surface area contributed by atoms with Crippen LogP contribution in [-0.2, 0) is 26.2 Å². The topological polar surface area (TPSA) is 86.8 Å². The van der Waals surface area contributed by atoms with Gasteiger partial charge in [-0.3, -0.25) is 13.9 Å². The summed E-state index contributed by atoms with van der Waals surface area (Å²) in [6.07, 6.45) is 0.975. The molecule has 2 atom stereocenters. The monoisotopic (exact) mass is 623 g/mol. The van der Waals surface area contributed by atoms with Crippen molar-refractivity contribution in [1.82, 2.24) is 10.2 Å². The van der Waals surface area contributed by atoms with Crippen molar-refractivity contribution in [3.63, 3.8) is 0 Å². The van der Waals surface area contributed by atoms with Crippen molar-refractivity contribution in [2.45, 2.75) is 57.1 Å². The first-order valence-electron chi connectivity index (χ1n) is 12.9. The van der Waals surface area contributed by atoms with E-state index in [2.05, 4.69) is 5.32 Å². The van der Waals surface area contributed by atoms with Crippen LogP contribution in [0.5, 0.6) is 0 Å². The molecule has 0 aliphatic carbocycles. The van der Waals surface area contributed by atoms with Crippen LogP contribution in [0.4, 0.5) is 5.69 Å². The van der Waals surface area contributed by atoms with E-state index in [1.54, 1.807) is 61.5 Å². The van der Waals surface area contributed by atoms with Crippen molar-refractivity contribution >= 4 is 62.3 Å². The summed E-state index contributed by atoms with van der Waals surface area (Å²) in [7, 11) is -4.19. The molecule has 0 radical (unpaired) electrons. The van der Waals surface area contributed by atoms with E-state index < -0.39 is 28.5 Å². The second-order valence-electron chi connectivity index (χ2n) is 9.27. The number of benzene rings is 3. The average molecular weight is 625 g/mol. The molecule has 3 rings (SSSR count). The minimum absolute atomic E-state index is 0.00466. The number of hydrogen-bond donors (Lipinski definition) is 1. The lowest BCUT2D eigenvalue weighted by Crippen LogP contribution is -2.53. The molecule has 0 bridgehead atoms. The quantitative estimate of drug-likeness (QED) is 0.247. The minimum Gasteiger partial charge on any atom is -0.352 e. The minimum atomic E-state index is -4.19. The fourth-order valence-electron chi connectivity index (χ4n) is 4.09. The molecule has 7 nitrogen and oxygen atoms in total. The smallest absolute Gasteiger partial charge is 0.264 e. The van der Waals surface area contributed by atoms with Crippen LogP contribution in [-0.4, -0.2) is 43.8 Å². The number of amides is 2. The highest BCUT2D eigenvalue weighted by Crippen LogP contribution is 2.29. The van der Waals surface area contributed by atoms with Gasteiger partial charge in [0.1, 0.15) is 12.6 Å². The van der Waals surface area contributed by atoms with Crippen molar-refractivity contribution in [2.75, 3.05) is 10.8 Å². The molecule has 2 amide bonds. The average Bonchev–Trinajstić information content (AvgIpc) is 2.93. The molecule has 0 fully saturated rings. The van der Waals surface area contributed by atoms with E-state index in [1.165, 1.54) is 23.1 Å². The van der Waals surface area contributed by atoms with Gasteiger partial charge < -0.3 is 10.2 Å². The van der Waals surface area contributed by atoms with E-state index in [1.807, 2.05) is 13.8 Å². The van der Waals surface area contributed by atoms with E-state index in [-0.39, 0.29) is 35.5 Å². The zero-order valence-electron chi connectivity index (χ0n) is 22.5. The third kappa shape index (κ3) is 7.69. The van der Waals surface area contributed by atoms with Gasteiger partial charge in [-0.25, -0.2) is 8.42 Å². The molecule has 0 saturated heterocycles. The molecule has 0 unspecified atom stereocenters. The van der Waals surface area contributed by atoms with Crippen molar-refractivity contribution in [1.29, 1.82) is 0 Å². The number of nitrogens with one attached hydrogen (secondary N) is 1. The second kappa shape index (κ2) is 14.2. The van der Waals surface area contributed by atoms with Crippen molar-refractivity contribution < 1.29 is 18.0 Å². The van der Waals surface area contributed by atoms with E-state index >= 15 is 0 Å². The zero-order valence-corrected chi connectivity index (χ0v) is 25.6. The molecule has 0 aliphatic rings. The molecule has 3 aromatic rings. The highest BCUT2D eigenvalue weighted by molar-refractivity contribution is 7.92. The van der Waals surface area contributed by atoms with Gasteiger partial charge in [0, 0.05) is 33.2 Å². The lowest BCUT2D eigenvalue weighted by molar-refractivity contribution is -0.140. The predicted octanol–water partition coefficient (Wildman–Crippen LogP) is 6.56. The standard InChI is InChI=1S/C29H32Cl3N3O4S/c1-4-20(3)33-29(37)27(5-2)34(18-24-25(31)15-10-16-26(24)32)28(36)19-35(22-12-9-11-21(30)17-22)40(38,39)23-13-7-6-8-14-23/h6-17,20,27H,4-5,18-19H2,1-3H3,(H,33,37)/t20-,27-/m0/s1. The number of halogens is 3. The van der Waals surface area contributed by atoms with Crippen LogP contribution >= 0.6 is 34.8 Å². The van der Waals surface area contributed by atoms with Gasteiger partial charge in [0.25, 0.3) is 10.0 Å². The number of sulfonamides is 1. The lowest BCUT2D eigenvalue weighted by atomic mass is 10.1. The van der Waals surface area contributed by atoms with Crippen LogP contribution in [0.2, 0.25) is 15.1 Å². The molecule has 214 valence electrons.